The lowest BCUT2D eigenvalue weighted by Gasteiger charge is -2.27. The standard InChI is InChI=1S/C27H24N2O6/c1-31-18-7-4-16(5-8-18)12-25(30)34-19-9-10-20-23(14-19)35-27(29)21(15-28)26(20)17-6-11-22(32-2)24(13-17)33-3/h4-11,13-14,26H,12,29H2,1-3H3. The normalized spacial score (nSPS) is 14.3. The predicted molar refractivity (Wildman–Crippen MR) is 128 cm³/mol. The summed E-state index contributed by atoms with van der Waals surface area (Å²) in [4.78, 5) is 12.5. The summed E-state index contributed by atoms with van der Waals surface area (Å²) in [6, 6.07) is 19.8. The Balaban J connectivity index is 1.61. The number of hydrogen-bond acceptors (Lipinski definition) is 8. The molecule has 3 aromatic carbocycles. The lowest BCUT2D eigenvalue weighted by atomic mass is 9.83. The number of fused-ring (bicyclic) bond motifs is 1. The van der Waals surface area contributed by atoms with E-state index in [-0.39, 0.29) is 17.9 Å². The van der Waals surface area contributed by atoms with Crippen LogP contribution < -0.4 is 29.4 Å². The zero-order valence-corrected chi connectivity index (χ0v) is 19.5. The van der Waals surface area contributed by atoms with Crippen molar-refractivity contribution in [3.63, 3.8) is 0 Å². The summed E-state index contributed by atoms with van der Waals surface area (Å²) < 4.78 is 27.1. The molecule has 1 atom stereocenters. The van der Waals surface area contributed by atoms with Gasteiger partial charge in [0.25, 0.3) is 0 Å². The molecule has 0 bridgehead atoms. The lowest BCUT2D eigenvalue weighted by Crippen LogP contribution is -2.21. The number of nitrogens with two attached hydrogens (primary N) is 1. The van der Waals surface area contributed by atoms with Crippen LogP contribution in [0.2, 0.25) is 0 Å². The van der Waals surface area contributed by atoms with Crippen molar-refractivity contribution in [3.05, 3.63) is 88.8 Å². The van der Waals surface area contributed by atoms with Crippen molar-refractivity contribution in [1.82, 2.24) is 0 Å². The van der Waals surface area contributed by atoms with Gasteiger partial charge in [-0.3, -0.25) is 4.79 Å². The van der Waals surface area contributed by atoms with E-state index in [0.29, 0.717) is 34.3 Å². The number of benzene rings is 3. The SMILES string of the molecule is COc1ccc(CC(=O)Oc2ccc3c(c2)OC(N)=C(C#N)C3c2ccc(OC)c(OC)c2)cc1. The van der Waals surface area contributed by atoms with Gasteiger partial charge in [0.15, 0.2) is 11.5 Å². The molecule has 0 saturated heterocycles. The summed E-state index contributed by atoms with van der Waals surface area (Å²) in [6.45, 7) is 0. The summed E-state index contributed by atoms with van der Waals surface area (Å²) >= 11 is 0. The molecule has 8 heteroatoms. The van der Waals surface area contributed by atoms with E-state index in [1.807, 2.05) is 6.07 Å². The van der Waals surface area contributed by atoms with Crippen LogP contribution in [0.15, 0.2) is 72.1 Å². The van der Waals surface area contributed by atoms with Crippen molar-refractivity contribution in [1.29, 1.82) is 5.26 Å². The molecule has 0 amide bonds. The van der Waals surface area contributed by atoms with Crippen molar-refractivity contribution >= 4 is 5.97 Å². The van der Waals surface area contributed by atoms with E-state index in [1.54, 1.807) is 75.9 Å². The van der Waals surface area contributed by atoms with Crippen molar-refractivity contribution in [3.8, 4) is 34.8 Å². The number of esters is 1. The van der Waals surface area contributed by atoms with Gasteiger partial charge in [-0.25, -0.2) is 0 Å². The van der Waals surface area contributed by atoms with Crippen LogP contribution in [-0.4, -0.2) is 27.3 Å². The molecule has 35 heavy (non-hydrogen) atoms. The first-order chi connectivity index (χ1) is 17.0. The number of rotatable bonds is 7. The van der Waals surface area contributed by atoms with Gasteiger partial charge in [-0.2, -0.15) is 5.26 Å². The molecule has 0 aromatic heterocycles. The predicted octanol–water partition coefficient (Wildman–Crippen LogP) is 4.08. The van der Waals surface area contributed by atoms with Gasteiger partial charge in [-0.15, -0.1) is 0 Å². The van der Waals surface area contributed by atoms with Gasteiger partial charge >= 0.3 is 5.97 Å². The van der Waals surface area contributed by atoms with E-state index in [4.69, 9.17) is 29.4 Å². The molecule has 0 spiro atoms. The molecule has 0 fully saturated rings. The lowest BCUT2D eigenvalue weighted by molar-refractivity contribution is -0.133. The number of carbonyl (C=O) groups excluding carboxylic acids is 1. The Hall–Kier alpha value is -4.64. The molecule has 0 radical (unpaired) electrons. The van der Waals surface area contributed by atoms with E-state index in [9.17, 15) is 10.1 Å². The molecule has 2 N–H and O–H groups in total. The Bertz CT molecular complexity index is 1320. The fraction of sp³-hybridized carbons (Fsp3) is 0.185. The fourth-order valence-electron chi connectivity index (χ4n) is 3.95. The van der Waals surface area contributed by atoms with Crippen molar-refractivity contribution in [2.24, 2.45) is 5.73 Å². The van der Waals surface area contributed by atoms with Crippen LogP contribution in [0.3, 0.4) is 0 Å². The van der Waals surface area contributed by atoms with Gasteiger partial charge in [0.05, 0.1) is 33.7 Å². The largest absolute Gasteiger partial charge is 0.497 e. The minimum absolute atomic E-state index is 0.0125. The van der Waals surface area contributed by atoms with Gasteiger partial charge in [-0.1, -0.05) is 24.3 Å². The highest BCUT2D eigenvalue weighted by Gasteiger charge is 2.31. The second kappa shape index (κ2) is 10.1. The molecule has 4 rings (SSSR count). The number of hydrogen-bond donors (Lipinski definition) is 1. The molecule has 8 nitrogen and oxygen atoms in total. The molecule has 0 saturated carbocycles. The number of methoxy groups -OCH3 is 3. The third-order valence-electron chi connectivity index (χ3n) is 5.67. The number of nitriles is 1. The molecule has 0 aliphatic carbocycles. The van der Waals surface area contributed by atoms with Gasteiger partial charge < -0.3 is 29.4 Å². The number of allylic oxidation sites excluding steroid dienone is 1. The highest BCUT2D eigenvalue weighted by atomic mass is 16.5. The van der Waals surface area contributed by atoms with Crippen LogP contribution in [-0.2, 0) is 11.2 Å². The summed E-state index contributed by atoms with van der Waals surface area (Å²) in [5.41, 5.74) is 8.65. The summed E-state index contributed by atoms with van der Waals surface area (Å²) in [5, 5.41) is 9.79. The Morgan fingerprint density at radius 3 is 2.31 bits per heavy atom. The molecule has 3 aromatic rings. The second-order valence-electron chi connectivity index (χ2n) is 7.74. The molecular weight excluding hydrogens is 448 g/mol. The van der Waals surface area contributed by atoms with Crippen molar-refractivity contribution in [2.45, 2.75) is 12.3 Å². The molecule has 1 aliphatic heterocycles. The number of carbonyl (C=O) groups is 1. The maximum Gasteiger partial charge on any atom is 0.315 e. The average molecular weight is 472 g/mol. The van der Waals surface area contributed by atoms with E-state index >= 15 is 0 Å². The van der Waals surface area contributed by atoms with Crippen LogP contribution in [0, 0.1) is 11.3 Å². The fourth-order valence-corrected chi connectivity index (χ4v) is 3.95. The highest BCUT2D eigenvalue weighted by molar-refractivity contribution is 5.75. The Morgan fingerprint density at radius 2 is 1.66 bits per heavy atom. The molecule has 178 valence electrons. The van der Waals surface area contributed by atoms with Gasteiger partial charge in [0.2, 0.25) is 5.88 Å². The van der Waals surface area contributed by atoms with E-state index in [0.717, 1.165) is 11.1 Å². The van der Waals surface area contributed by atoms with Gasteiger partial charge in [0.1, 0.15) is 28.9 Å². The van der Waals surface area contributed by atoms with Crippen LogP contribution in [0.4, 0.5) is 0 Å². The maximum absolute atomic E-state index is 12.5. The summed E-state index contributed by atoms with van der Waals surface area (Å²) in [5.74, 6) is 1.58. The minimum Gasteiger partial charge on any atom is -0.497 e. The minimum atomic E-state index is -0.493. The summed E-state index contributed by atoms with van der Waals surface area (Å²) in [6.07, 6.45) is 0.0941. The second-order valence-corrected chi connectivity index (χ2v) is 7.74. The van der Waals surface area contributed by atoms with Gasteiger partial charge in [0, 0.05) is 11.6 Å². The first-order valence-electron chi connectivity index (χ1n) is 10.7. The van der Waals surface area contributed by atoms with Crippen LogP contribution >= 0.6 is 0 Å². The quantitative estimate of drug-likeness (QED) is 0.404. The molecule has 1 heterocycles. The zero-order valence-electron chi connectivity index (χ0n) is 19.5. The number of ether oxygens (including phenoxy) is 5. The Labute approximate surface area is 203 Å². The maximum atomic E-state index is 12.5. The Kier molecular flexibility index (Phi) is 6.78. The number of nitrogens with zero attached hydrogens (tertiary/aromatic N) is 1. The van der Waals surface area contributed by atoms with Crippen molar-refractivity contribution in [2.75, 3.05) is 21.3 Å². The first kappa shape index (κ1) is 23.5. The monoisotopic (exact) mass is 472 g/mol. The van der Waals surface area contributed by atoms with Crippen molar-refractivity contribution < 1.29 is 28.5 Å². The third-order valence-corrected chi connectivity index (χ3v) is 5.67. The van der Waals surface area contributed by atoms with Crippen LogP contribution in [0.1, 0.15) is 22.6 Å². The van der Waals surface area contributed by atoms with E-state index < -0.39 is 11.9 Å². The zero-order chi connectivity index (χ0) is 24.9. The smallest absolute Gasteiger partial charge is 0.315 e. The molecular formula is C27H24N2O6. The van der Waals surface area contributed by atoms with E-state index in [2.05, 4.69) is 6.07 Å². The van der Waals surface area contributed by atoms with E-state index in [1.165, 1.54) is 0 Å². The highest BCUT2D eigenvalue weighted by Crippen LogP contribution is 2.45. The van der Waals surface area contributed by atoms with Gasteiger partial charge in [-0.05, 0) is 41.5 Å². The summed E-state index contributed by atoms with van der Waals surface area (Å²) in [7, 11) is 4.68. The van der Waals surface area contributed by atoms with Crippen LogP contribution in [0.5, 0.6) is 28.7 Å². The third kappa shape index (κ3) is 4.84. The topological polar surface area (TPSA) is 113 Å². The Morgan fingerprint density at radius 1 is 0.943 bits per heavy atom. The molecule has 1 aliphatic rings. The first-order valence-corrected chi connectivity index (χ1v) is 10.7. The van der Waals surface area contributed by atoms with Crippen LogP contribution in [0.25, 0.3) is 0 Å². The average Bonchev–Trinajstić information content (AvgIpc) is 2.87. The molecule has 1 unspecified atom stereocenters.